The molecule has 0 aliphatic carbocycles. The first kappa shape index (κ1) is 36.2. The molecule has 0 aromatic heterocycles. The van der Waals surface area contributed by atoms with Gasteiger partial charge in [0.05, 0.1) is 0 Å². The van der Waals surface area contributed by atoms with E-state index >= 15 is 0 Å². The Morgan fingerprint density at radius 3 is 1.49 bits per heavy atom. The Balaban J connectivity index is 0.00000294. The topological polar surface area (TPSA) is 193 Å². The van der Waals surface area contributed by atoms with Crippen molar-refractivity contribution in [3.8, 4) is 11.5 Å². The summed E-state index contributed by atoms with van der Waals surface area (Å²) in [6.07, 6.45) is 0. The third kappa shape index (κ3) is 6.30. The maximum Gasteiger partial charge on any atom is 0.298 e. The van der Waals surface area contributed by atoms with E-state index in [1.807, 2.05) is 0 Å². The minimum atomic E-state index is -5.05. The molecule has 0 fully saturated rings. The Bertz CT molecular complexity index is 1740. The second kappa shape index (κ2) is 12.2. The predicted octanol–water partition coefficient (Wildman–Crippen LogP) is 3.09. The summed E-state index contributed by atoms with van der Waals surface area (Å²) in [6.45, 7) is 6.47. The Morgan fingerprint density at radius 1 is 0.732 bits per heavy atom. The third-order valence-corrected chi connectivity index (χ3v) is 9.69. The number of fused-ring (bicyclic) bond motifs is 1. The van der Waals surface area contributed by atoms with E-state index in [4.69, 9.17) is 4.18 Å². The fourth-order valence-corrected chi connectivity index (χ4v) is 7.45. The smallest absolute Gasteiger partial charge is 0.298 e. The number of phenols is 2. The van der Waals surface area contributed by atoms with E-state index in [2.05, 4.69) is 0 Å². The van der Waals surface area contributed by atoms with E-state index < -0.39 is 69.1 Å². The van der Waals surface area contributed by atoms with Gasteiger partial charge >= 0.3 is 0 Å². The molecule has 1 heterocycles. The van der Waals surface area contributed by atoms with Gasteiger partial charge in [-0.15, -0.1) is 0 Å². The fraction of sp³-hybridized carbons (Fsp3) is 0.280. The van der Waals surface area contributed by atoms with Crippen LogP contribution < -0.4 is 0 Å². The van der Waals surface area contributed by atoms with Crippen LogP contribution >= 0.6 is 0 Å². The summed E-state index contributed by atoms with van der Waals surface area (Å²) in [5.74, 6) is -2.58. The van der Waals surface area contributed by atoms with Gasteiger partial charge in [-0.3, -0.25) is 9.11 Å². The van der Waals surface area contributed by atoms with Crippen LogP contribution in [0, 0.1) is 0 Å². The first-order valence-electron chi connectivity index (χ1n) is 11.6. The van der Waals surface area contributed by atoms with Gasteiger partial charge in [-0.2, -0.15) is 25.3 Å². The molecule has 41 heavy (non-hydrogen) atoms. The molecule has 0 atom stereocenters. The molecule has 0 bridgehead atoms. The molecule has 0 unspecified atom stereocenters. The van der Waals surface area contributed by atoms with Crippen molar-refractivity contribution in [3.05, 3.63) is 76.3 Å². The molecule has 3 aromatic rings. The average Bonchev–Trinajstić information content (AvgIpc) is 3.05. The Morgan fingerprint density at radius 2 is 1.12 bits per heavy atom. The standard InChI is InChI=1S/C25H26O11S3.2Na/c1-13(2)17-9-15(11-21(23(17)26)37(28,29)30)25(19-7-5-6-8-20(19)39(34,35)36-25)16-10-18(14(3)4)24(27)22(12-16)38(31,32)33;;/h5-14,26-27H,1-4H3,(H,28,29,30)(H,31,32,33);;. The summed E-state index contributed by atoms with van der Waals surface area (Å²) in [4.78, 5) is -2.15. The van der Waals surface area contributed by atoms with E-state index in [9.17, 15) is 44.6 Å². The number of hydrogen-bond donors (Lipinski definition) is 4. The minimum Gasteiger partial charge on any atom is -0.506 e. The van der Waals surface area contributed by atoms with Crippen LogP contribution in [0.25, 0.3) is 0 Å². The number of rotatable bonds is 6. The van der Waals surface area contributed by atoms with Gasteiger partial charge in [0.1, 0.15) is 26.2 Å². The second-order valence-corrected chi connectivity index (χ2v) is 14.1. The molecule has 2 radical (unpaired) electrons. The maximum absolute atomic E-state index is 13.3. The van der Waals surface area contributed by atoms with Gasteiger partial charge in [0.2, 0.25) is 0 Å². The van der Waals surface area contributed by atoms with Gasteiger partial charge < -0.3 is 10.2 Å². The predicted molar refractivity (Wildman–Crippen MR) is 150 cm³/mol. The molecule has 4 N–H and O–H groups in total. The SMILES string of the molecule is CC(C)c1cc(C2(c3cc(C(C)C)c(O)c(S(=O)(=O)O)c3)OS(=O)(=O)c3ccccc32)cc(S(=O)(=O)O)c1O.[Na].[Na]. The van der Waals surface area contributed by atoms with Crippen LogP contribution in [0.1, 0.15) is 67.3 Å². The molecular formula is C25H26Na2O11S3. The van der Waals surface area contributed by atoms with Crippen molar-refractivity contribution in [3.63, 3.8) is 0 Å². The van der Waals surface area contributed by atoms with Gasteiger partial charge in [0.25, 0.3) is 30.4 Å². The summed E-state index contributed by atoms with van der Waals surface area (Å²) in [6, 6.07) is 9.79. The van der Waals surface area contributed by atoms with E-state index in [1.54, 1.807) is 27.7 Å². The molecule has 0 spiro atoms. The first-order chi connectivity index (χ1) is 17.8. The van der Waals surface area contributed by atoms with E-state index in [0.29, 0.717) is 0 Å². The van der Waals surface area contributed by atoms with Crippen molar-refractivity contribution in [1.29, 1.82) is 0 Å². The molecule has 212 valence electrons. The molecular weight excluding hydrogens is 618 g/mol. The summed E-state index contributed by atoms with van der Waals surface area (Å²) < 4.78 is 101. The van der Waals surface area contributed by atoms with Crippen LogP contribution in [0.5, 0.6) is 11.5 Å². The zero-order valence-electron chi connectivity index (χ0n) is 23.1. The molecule has 0 saturated heterocycles. The normalized spacial score (nSPS) is 15.7. The van der Waals surface area contributed by atoms with Gasteiger partial charge in [0, 0.05) is 64.7 Å². The van der Waals surface area contributed by atoms with Gasteiger partial charge in [-0.05, 0) is 64.4 Å². The third-order valence-electron chi connectivity index (χ3n) is 6.59. The van der Waals surface area contributed by atoms with Crippen LogP contribution in [-0.4, -0.2) is 104 Å². The second-order valence-electron chi connectivity index (χ2n) is 9.80. The molecule has 3 aromatic carbocycles. The molecule has 1 aliphatic heterocycles. The van der Waals surface area contributed by atoms with Crippen molar-refractivity contribution in [2.24, 2.45) is 0 Å². The van der Waals surface area contributed by atoms with Gasteiger partial charge in [-0.1, -0.05) is 45.9 Å². The number of hydrogen-bond acceptors (Lipinski definition) is 9. The molecule has 16 heteroatoms. The largest absolute Gasteiger partial charge is 0.506 e. The number of benzene rings is 3. The van der Waals surface area contributed by atoms with Gasteiger partial charge in [0.15, 0.2) is 5.60 Å². The summed E-state index contributed by atoms with van der Waals surface area (Å²) in [5.41, 5.74) is -2.64. The van der Waals surface area contributed by atoms with Crippen molar-refractivity contribution in [2.75, 3.05) is 0 Å². The summed E-state index contributed by atoms with van der Waals surface area (Å²) >= 11 is 0. The number of phenolic OH excluding ortho intramolecular Hbond substituents is 2. The van der Waals surface area contributed by atoms with E-state index in [1.165, 1.54) is 36.4 Å². The van der Waals surface area contributed by atoms with Crippen LogP contribution in [0.4, 0.5) is 0 Å². The monoisotopic (exact) mass is 644 g/mol. The van der Waals surface area contributed by atoms with Crippen molar-refractivity contribution < 1.29 is 48.8 Å². The Hall–Kier alpha value is -1.01. The quantitative estimate of drug-likeness (QED) is 0.175. The first-order valence-corrected chi connectivity index (χ1v) is 15.9. The molecule has 1 aliphatic rings. The van der Waals surface area contributed by atoms with Crippen molar-refractivity contribution in [1.82, 2.24) is 0 Å². The maximum atomic E-state index is 13.3. The van der Waals surface area contributed by atoms with Crippen LogP contribution in [-0.2, 0) is 40.1 Å². The molecule has 0 saturated carbocycles. The zero-order chi connectivity index (χ0) is 29.3. The average molecular weight is 645 g/mol. The Labute approximate surface area is 283 Å². The minimum absolute atomic E-state index is 0. The van der Waals surface area contributed by atoms with Crippen LogP contribution in [0.3, 0.4) is 0 Å². The van der Waals surface area contributed by atoms with Gasteiger partial charge in [-0.25, -0.2) is 4.18 Å². The van der Waals surface area contributed by atoms with Crippen LogP contribution in [0.2, 0.25) is 0 Å². The van der Waals surface area contributed by atoms with E-state index in [-0.39, 0.29) is 91.8 Å². The van der Waals surface area contributed by atoms with Crippen molar-refractivity contribution in [2.45, 2.75) is 59.8 Å². The Kier molecular flexibility index (Phi) is 10.7. The summed E-state index contributed by atoms with van der Waals surface area (Å²) in [5, 5.41) is 21.3. The zero-order valence-corrected chi connectivity index (χ0v) is 29.6. The fourth-order valence-electron chi connectivity index (χ4n) is 4.74. The number of aromatic hydroxyl groups is 2. The molecule has 4 rings (SSSR count). The van der Waals surface area contributed by atoms with Crippen molar-refractivity contribution >= 4 is 89.5 Å². The van der Waals surface area contributed by atoms with E-state index in [0.717, 1.165) is 12.1 Å². The van der Waals surface area contributed by atoms with Crippen LogP contribution in [0.15, 0.2) is 63.2 Å². The molecule has 11 nitrogen and oxygen atoms in total. The molecule has 0 amide bonds. The summed E-state index contributed by atoms with van der Waals surface area (Å²) in [7, 11) is -14.6.